The molecular weight excluding hydrogens is 385 g/mol. The molecule has 0 spiro atoms. The van der Waals surface area contributed by atoms with E-state index in [0.717, 1.165) is 12.1 Å². The molecule has 0 aliphatic heterocycles. The van der Waals surface area contributed by atoms with Gasteiger partial charge in [0, 0.05) is 16.6 Å². The molecule has 0 fully saturated rings. The van der Waals surface area contributed by atoms with Gasteiger partial charge in [0.15, 0.2) is 18.2 Å². The molecule has 122 valence electrons. The predicted molar refractivity (Wildman–Crippen MR) is 86.0 cm³/mol. The van der Waals surface area contributed by atoms with E-state index >= 15 is 0 Å². The van der Waals surface area contributed by atoms with E-state index in [-0.39, 0.29) is 22.7 Å². The van der Waals surface area contributed by atoms with Crippen LogP contribution >= 0.6 is 15.9 Å². The second kappa shape index (κ2) is 7.52. The number of nitro benzene ring substituents is 1. The third-order valence-electron chi connectivity index (χ3n) is 2.86. The number of halogens is 2. The molecule has 0 aliphatic carbocycles. The van der Waals surface area contributed by atoms with Crippen LogP contribution in [0.1, 0.15) is 5.56 Å². The molecule has 0 aromatic heterocycles. The first-order valence-electron chi connectivity index (χ1n) is 6.47. The van der Waals surface area contributed by atoms with E-state index in [1.165, 1.54) is 18.2 Å². The number of anilines is 1. The second-order valence-corrected chi connectivity index (χ2v) is 5.43. The maximum Gasteiger partial charge on any atom is 0.270 e. The average Bonchev–Trinajstić information content (AvgIpc) is 2.54. The zero-order valence-electron chi connectivity index (χ0n) is 12.0. The Hall–Kier alpha value is -2.99. The van der Waals surface area contributed by atoms with Crippen molar-refractivity contribution >= 4 is 33.2 Å². The van der Waals surface area contributed by atoms with Gasteiger partial charge in [-0.1, -0.05) is 15.9 Å². The van der Waals surface area contributed by atoms with E-state index in [2.05, 4.69) is 21.2 Å². The summed E-state index contributed by atoms with van der Waals surface area (Å²) >= 11 is 3.10. The number of hydrogen-bond donors (Lipinski definition) is 1. The van der Waals surface area contributed by atoms with Crippen molar-refractivity contribution in [3.05, 3.63) is 62.4 Å². The summed E-state index contributed by atoms with van der Waals surface area (Å²) < 4.78 is 19.2. The highest BCUT2D eigenvalue weighted by atomic mass is 79.9. The smallest absolute Gasteiger partial charge is 0.270 e. The molecule has 0 bridgehead atoms. The van der Waals surface area contributed by atoms with Crippen LogP contribution in [0.25, 0.3) is 0 Å². The minimum absolute atomic E-state index is 0.0626. The largest absolute Gasteiger partial charge is 0.481 e. The van der Waals surface area contributed by atoms with Crippen LogP contribution in [0.3, 0.4) is 0 Å². The Morgan fingerprint density at radius 1 is 1.38 bits per heavy atom. The molecule has 0 aliphatic rings. The number of nitriles is 1. The number of amides is 1. The number of hydrogen-bond acceptors (Lipinski definition) is 5. The van der Waals surface area contributed by atoms with E-state index in [4.69, 9.17) is 10.00 Å². The van der Waals surface area contributed by atoms with Crippen molar-refractivity contribution in [1.82, 2.24) is 0 Å². The fourth-order valence-corrected chi connectivity index (χ4v) is 2.10. The van der Waals surface area contributed by atoms with Gasteiger partial charge in [0.25, 0.3) is 11.6 Å². The molecule has 2 rings (SSSR count). The molecule has 0 saturated heterocycles. The molecule has 0 unspecified atom stereocenters. The highest BCUT2D eigenvalue weighted by Crippen LogP contribution is 2.23. The first-order chi connectivity index (χ1) is 11.4. The number of benzene rings is 2. The number of non-ortho nitro benzene ring substituents is 1. The van der Waals surface area contributed by atoms with Gasteiger partial charge < -0.3 is 10.1 Å². The van der Waals surface area contributed by atoms with Crippen LogP contribution in [0.4, 0.5) is 15.8 Å². The summed E-state index contributed by atoms with van der Waals surface area (Å²) in [5.41, 5.74) is -0.224. The van der Waals surface area contributed by atoms with Crippen molar-refractivity contribution < 1.29 is 18.8 Å². The lowest BCUT2D eigenvalue weighted by molar-refractivity contribution is -0.384. The summed E-state index contributed by atoms with van der Waals surface area (Å²) in [6.07, 6.45) is 0. The summed E-state index contributed by atoms with van der Waals surface area (Å²) in [6, 6.07) is 9.32. The molecule has 24 heavy (non-hydrogen) atoms. The van der Waals surface area contributed by atoms with Gasteiger partial charge in [0.1, 0.15) is 6.07 Å². The summed E-state index contributed by atoms with van der Waals surface area (Å²) in [6.45, 7) is -0.486. The van der Waals surface area contributed by atoms with Crippen LogP contribution in [0.15, 0.2) is 40.9 Å². The topological polar surface area (TPSA) is 105 Å². The Morgan fingerprint density at radius 3 is 2.75 bits per heavy atom. The summed E-state index contributed by atoms with van der Waals surface area (Å²) in [5, 5.41) is 22.1. The molecule has 0 atom stereocenters. The van der Waals surface area contributed by atoms with Crippen molar-refractivity contribution in [2.75, 3.05) is 11.9 Å². The monoisotopic (exact) mass is 393 g/mol. The van der Waals surface area contributed by atoms with E-state index in [1.807, 2.05) is 0 Å². The SMILES string of the molecule is N#Cc1cc([N+](=O)[O-])ccc1NC(=O)COc1ccc(Br)cc1F. The van der Waals surface area contributed by atoms with Gasteiger partial charge in [-0.25, -0.2) is 4.39 Å². The average molecular weight is 394 g/mol. The minimum Gasteiger partial charge on any atom is -0.481 e. The lowest BCUT2D eigenvalue weighted by Gasteiger charge is -2.09. The van der Waals surface area contributed by atoms with Crippen LogP contribution in [-0.4, -0.2) is 17.4 Å². The minimum atomic E-state index is -0.647. The van der Waals surface area contributed by atoms with E-state index in [0.29, 0.717) is 4.47 Å². The van der Waals surface area contributed by atoms with Gasteiger partial charge in [-0.15, -0.1) is 0 Å². The van der Waals surface area contributed by atoms with Crippen LogP contribution in [0.5, 0.6) is 5.75 Å². The fraction of sp³-hybridized carbons (Fsp3) is 0.0667. The molecule has 0 heterocycles. The van der Waals surface area contributed by atoms with Crippen LogP contribution in [0, 0.1) is 27.3 Å². The quantitative estimate of drug-likeness (QED) is 0.618. The zero-order chi connectivity index (χ0) is 17.7. The molecule has 7 nitrogen and oxygen atoms in total. The van der Waals surface area contributed by atoms with Crippen LogP contribution in [-0.2, 0) is 4.79 Å². The third-order valence-corrected chi connectivity index (χ3v) is 3.35. The summed E-state index contributed by atoms with van der Waals surface area (Å²) in [4.78, 5) is 21.9. The third kappa shape index (κ3) is 4.27. The van der Waals surface area contributed by atoms with Crippen molar-refractivity contribution in [3.8, 4) is 11.8 Å². The molecule has 2 aromatic rings. The van der Waals surface area contributed by atoms with Gasteiger partial charge in [0.2, 0.25) is 0 Å². The Bertz CT molecular complexity index is 851. The number of carbonyl (C=O) groups excluding carboxylic acids is 1. The van der Waals surface area contributed by atoms with Crippen molar-refractivity contribution in [2.45, 2.75) is 0 Å². The standard InChI is InChI=1S/C15H9BrFN3O4/c16-10-1-4-14(12(17)6-10)24-8-15(21)19-13-3-2-11(20(22)23)5-9(13)7-18/h1-6H,8H2,(H,19,21). The predicted octanol–water partition coefficient (Wildman–Crippen LogP) is 3.39. The summed E-state index contributed by atoms with van der Waals surface area (Å²) in [5.74, 6) is -1.37. The van der Waals surface area contributed by atoms with Gasteiger partial charge in [-0.3, -0.25) is 14.9 Å². The maximum absolute atomic E-state index is 13.6. The number of rotatable bonds is 5. The van der Waals surface area contributed by atoms with Gasteiger partial charge >= 0.3 is 0 Å². The lowest BCUT2D eigenvalue weighted by Crippen LogP contribution is -2.21. The number of nitro groups is 1. The molecule has 1 amide bonds. The maximum atomic E-state index is 13.6. The van der Waals surface area contributed by atoms with Crippen molar-refractivity contribution in [2.24, 2.45) is 0 Å². The summed E-state index contributed by atoms with van der Waals surface area (Å²) in [7, 11) is 0. The molecule has 1 N–H and O–H groups in total. The number of carbonyl (C=O) groups is 1. The normalized spacial score (nSPS) is 9.88. The Labute approximate surface area is 143 Å². The highest BCUT2D eigenvalue weighted by Gasteiger charge is 2.13. The molecule has 0 saturated carbocycles. The van der Waals surface area contributed by atoms with Crippen LogP contribution in [0.2, 0.25) is 0 Å². The number of ether oxygens (including phenoxy) is 1. The zero-order valence-corrected chi connectivity index (χ0v) is 13.5. The first-order valence-corrected chi connectivity index (χ1v) is 7.26. The van der Waals surface area contributed by atoms with Crippen LogP contribution < -0.4 is 10.1 Å². The van der Waals surface area contributed by atoms with Crippen molar-refractivity contribution in [3.63, 3.8) is 0 Å². The van der Waals surface area contributed by atoms with E-state index < -0.39 is 23.3 Å². The Morgan fingerprint density at radius 2 is 2.12 bits per heavy atom. The molecule has 9 heteroatoms. The Kier molecular flexibility index (Phi) is 5.44. The lowest BCUT2D eigenvalue weighted by atomic mass is 10.1. The first kappa shape index (κ1) is 17.4. The number of nitrogens with zero attached hydrogens (tertiary/aromatic N) is 2. The van der Waals surface area contributed by atoms with E-state index in [1.54, 1.807) is 12.1 Å². The second-order valence-electron chi connectivity index (χ2n) is 4.51. The van der Waals surface area contributed by atoms with Gasteiger partial charge in [-0.2, -0.15) is 5.26 Å². The Balaban J connectivity index is 2.04. The molecular formula is C15H9BrFN3O4. The highest BCUT2D eigenvalue weighted by molar-refractivity contribution is 9.10. The molecule has 2 aromatic carbocycles. The van der Waals surface area contributed by atoms with Gasteiger partial charge in [-0.05, 0) is 24.3 Å². The number of nitrogens with one attached hydrogen (secondary N) is 1. The molecule has 0 radical (unpaired) electrons. The van der Waals surface area contributed by atoms with Gasteiger partial charge in [0.05, 0.1) is 16.2 Å². The fourth-order valence-electron chi connectivity index (χ4n) is 1.77. The van der Waals surface area contributed by atoms with Crippen molar-refractivity contribution in [1.29, 1.82) is 5.26 Å². The van der Waals surface area contributed by atoms with E-state index in [9.17, 15) is 19.3 Å².